The molecule has 11 heteroatoms. The number of carbonyl (C=O) groups excluding carboxylic acids is 1. The van der Waals surface area contributed by atoms with Crippen LogP contribution in [-0.4, -0.2) is 39.9 Å². The number of halogens is 6. The molecule has 1 saturated heterocycles. The smallest absolute Gasteiger partial charge is 0.363 e. The molecule has 2 aromatic carbocycles. The Balaban J connectivity index is 1.32. The third-order valence-electron chi connectivity index (χ3n) is 7.05. The molecule has 1 fully saturated rings. The van der Waals surface area contributed by atoms with E-state index >= 15 is 0 Å². The van der Waals surface area contributed by atoms with E-state index in [1.807, 2.05) is 0 Å². The van der Waals surface area contributed by atoms with Crippen LogP contribution < -0.4 is 5.32 Å². The lowest BCUT2D eigenvalue weighted by molar-refractivity contribution is -0.173. The lowest BCUT2D eigenvalue weighted by atomic mass is 9.96. The van der Waals surface area contributed by atoms with Crippen molar-refractivity contribution in [2.45, 2.75) is 43.7 Å². The maximum atomic E-state index is 13.9. The first kappa shape index (κ1) is 25.2. The van der Waals surface area contributed by atoms with Gasteiger partial charge in [-0.25, -0.2) is 4.68 Å². The van der Waals surface area contributed by atoms with Crippen molar-refractivity contribution >= 4 is 11.7 Å². The van der Waals surface area contributed by atoms with Crippen LogP contribution in [0, 0.1) is 5.92 Å². The van der Waals surface area contributed by atoms with E-state index in [2.05, 4.69) is 10.4 Å². The standard InChI is InChI=1S/C26H24F6N4O/c27-25(28,29)19-8-6-16(7-9-19)12-17-10-11-35(15-17)24(37)20-14-33-36-22(26(30,31)32)13-21(34-23(20)36)18-4-2-1-3-5-18/h1-9,14,17,21-22,34H,10-13,15H2. The van der Waals surface area contributed by atoms with Gasteiger partial charge < -0.3 is 10.2 Å². The largest absolute Gasteiger partial charge is 0.416 e. The van der Waals surface area contributed by atoms with E-state index in [1.165, 1.54) is 18.3 Å². The molecular weight excluding hydrogens is 498 g/mol. The van der Waals surface area contributed by atoms with Gasteiger partial charge in [-0.05, 0) is 42.0 Å². The Labute approximate surface area is 209 Å². The molecule has 1 N–H and O–H groups in total. The number of nitrogens with zero attached hydrogens (tertiary/aromatic N) is 3. The maximum Gasteiger partial charge on any atom is 0.416 e. The first-order valence-corrected chi connectivity index (χ1v) is 11.9. The van der Waals surface area contributed by atoms with Crippen LogP contribution in [0.4, 0.5) is 32.2 Å². The Kier molecular flexibility index (Phi) is 6.41. The summed E-state index contributed by atoms with van der Waals surface area (Å²) in [6.07, 6.45) is -6.89. The van der Waals surface area contributed by atoms with E-state index in [-0.39, 0.29) is 23.7 Å². The summed E-state index contributed by atoms with van der Waals surface area (Å²) in [6.45, 7) is 0.759. The van der Waals surface area contributed by atoms with Crippen LogP contribution in [0.2, 0.25) is 0 Å². The van der Waals surface area contributed by atoms with Crippen LogP contribution in [0.25, 0.3) is 0 Å². The van der Waals surface area contributed by atoms with Crippen molar-refractivity contribution in [3.05, 3.63) is 83.0 Å². The zero-order chi connectivity index (χ0) is 26.4. The summed E-state index contributed by atoms with van der Waals surface area (Å²) < 4.78 is 81.0. The van der Waals surface area contributed by atoms with E-state index in [0.717, 1.165) is 22.4 Å². The van der Waals surface area contributed by atoms with Gasteiger partial charge in [-0.3, -0.25) is 4.79 Å². The summed E-state index contributed by atoms with van der Waals surface area (Å²) in [4.78, 5) is 14.9. The number of hydrogen-bond acceptors (Lipinski definition) is 3. The molecule has 37 heavy (non-hydrogen) atoms. The van der Waals surface area contributed by atoms with Crippen molar-refractivity contribution < 1.29 is 31.1 Å². The normalized spacial score (nSPS) is 22.0. The van der Waals surface area contributed by atoms with E-state index in [4.69, 9.17) is 0 Å². The second-order valence-corrected chi connectivity index (χ2v) is 9.56. The Hall–Kier alpha value is -3.50. The van der Waals surface area contributed by atoms with Crippen molar-refractivity contribution in [3.8, 4) is 0 Å². The molecule has 5 rings (SSSR count). The summed E-state index contributed by atoms with van der Waals surface area (Å²) in [5.41, 5.74) is 0.768. The zero-order valence-electron chi connectivity index (χ0n) is 19.6. The number of fused-ring (bicyclic) bond motifs is 1. The first-order chi connectivity index (χ1) is 17.5. The molecule has 1 aromatic heterocycles. The minimum Gasteiger partial charge on any atom is -0.363 e. The second-order valence-electron chi connectivity index (χ2n) is 9.56. The highest BCUT2D eigenvalue weighted by atomic mass is 19.4. The van der Waals surface area contributed by atoms with Crippen LogP contribution in [0.15, 0.2) is 60.8 Å². The number of carbonyl (C=O) groups is 1. The fraction of sp³-hybridized carbons (Fsp3) is 0.385. The van der Waals surface area contributed by atoms with Gasteiger partial charge in [-0.2, -0.15) is 31.4 Å². The quantitative estimate of drug-likeness (QED) is 0.411. The fourth-order valence-corrected chi connectivity index (χ4v) is 5.14. The fourth-order valence-electron chi connectivity index (χ4n) is 5.14. The van der Waals surface area contributed by atoms with Gasteiger partial charge in [0.15, 0.2) is 6.04 Å². The van der Waals surface area contributed by atoms with E-state index in [1.54, 1.807) is 35.2 Å². The summed E-state index contributed by atoms with van der Waals surface area (Å²) in [5.74, 6) is -0.350. The van der Waals surface area contributed by atoms with Gasteiger partial charge in [0, 0.05) is 19.5 Å². The average Bonchev–Trinajstić information content (AvgIpc) is 3.50. The van der Waals surface area contributed by atoms with E-state index in [9.17, 15) is 31.1 Å². The molecule has 1 amide bonds. The Bertz CT molecular complexity index is 1250. The van der Waals surface area contributed by atoms with Crippen LogP contribution in [0.1, 0.15) is 52.0 Å². The molecule has 0 saturated carbocycles. The van der Waals surface area contributed by atoms with Crippen molar-refractivity contribution in [2.24, 2.45) is 5.92 Å². The SMILES string of the molecule is O=C(c1cnn2c1NC(c1ccccc1)CC2C(F)(F)F)N1CCC(Cc2ccc(C(F)(F)F)cc2)C1. The Morgan fingerprint density at radius 3 is 2.35 bits per heavy atom. The van der Waals surface area contributed by atoms with Crippen molar-refractivity contribution in [1.29, 1.82) is 0 Å². The van der Waals surface area contributed by atoms with Crippen LogP contribution in [-0.2, 0) is 12.6 Å². The highest BCUT2D eigenvalue weighted by molar-refractivity contribution is 5.99. The number of hydrogen-bond donors (Lipinski definition) is 1. The molecule has 0 bridgehead atoms. The monoisotopic (exact) mass is 522 g/mol. The molecule has 3 unspecified atom stereocenters. The van der Waals surface area contributed by atoms with Gasteiger partial charge in [0.25, 0.3) is 5.91 Å². The number of amides is 1. The number of rotatable bonds is 4. The number of alkyl halides is 6. The zero-order valence-corrected chi connectivity index (χ0v) is 19.6. The van der Waals surface area contributed by atoms with Gasteiger partial charge in [-0.15, -0.1) is 0 Å². The van der Waals surface area contributed by atoms with Crippen LogP contribution in [0.3, 0.4) is 0 Å². The second kappa shape index (κ2) is 9.42. The van der Waals surface area contributed by atoms with Gasteiger partial charge in [0.2, 0.25) is 0 Å². The number of nitrogens with one attached hydrogen (secondary N) is 1. The van der Waals surface area contributed by atoms with Gasteiger partial charge in [0.1, 0.15) is 11.4 Å². The molecule has 2 aliphatic rings. The molecule has 0 aliphatic carbocycles. The predicted molar refractivity (Wildman–Crippen MR) is 124 cm³/mol. The van der Waals surface area contributed by atoms with Crippen molar-refractivity contribution in [3.63, 3.8) is 0 Å². The van der Waals surface area contributed by atoms with E-state index in [0.29, 0.717) is 31.5 Å². The Morgan fingerprint density at radius 1 is 1.00 bits per heavy atom. The predicted octanol–water partition coefficient (Wildman–Crippen LogP) is 6.27. The third-order valence-corrected chi connectivity index (χ3v) is 7.05. The Morgan fingerprint density at radius 2 is 1.70 bits per heavy atom. The highest BCUT2D eigenvalue weighted by Crippen LogP contribution is 2.44. The molecule has 3 atom stereocenters. The van der Waals surface area contributed by atoms with Crippen molar-refractivity contribution in [1.82, 2.24) is 14.7 Å². The maximum absolute atomic E-state index is 13.9. The summed E-state index contributed by atoms with van der Waals surface area (Å²) in [7, 11) is 0. The highest BCUT2D eigenvalue weighted by Gasteiger charge is 2.47. The molecule has 5 nitrogen and oxygen atoms in total. The molecule has 196 valence electrons. The lowest BCUT2D eigenvalue weighted by Gasteiger charge is -2.34. The lowest BCUT2D eigenvalue weighted by Crippen LogP contribution is -2.37. The third kappa shape index (κ3) is 5.17. The van der Waals surface area contributed by atoms with E-state index < -0.39 is 35.9 Å². The molecule has 2 aliphatic heterocycles. The van der Waals surface area contributed by atoms with Crippen LogP contribution >= 0.6 is 0 Å². The number of aromatic nitrogens is 2. The minimum absolute atomic E-state index is 0.0278. The van der Waals surface area contributed by atoms with Gasteiger partial charge in [-0.1, -0.05) is 42.5 Å². The molecule has 3 heterocycles. The molecule has 0 spiro atoms. The topological polar surface area (TPSA) is 50.2 Å². The number of anilines is 1. The van der Waals surface area contributed by atoms with Gasteiger partial charge >= 0.3 is 12.4 Å². The molecule has 0 radical (unpaired) electrons. The van der Waals surface area contributed by atoms with Crippen LogP contribution in [0.5, 0.6) is 0 Å². The van der Waals surface area contributed by atoms with Gasteiger partial charge in [0.05, 0.1) is 17.8 Å². The summed E-state index contributed by atoms with van der Waals surface area (Å²) in [5, 5.41) is 7.03. The van der Waals surface area contributed by atoms with Crippen molar-refractivity contribution in [2.75, 3.05) is 18.4 Å². The first-order valence-electron chi connectivity index (χ1n) is 11.9. The molecule has 3 aromatic rings. The average molecular weight is 522 g/mol. The summed E-state index contributed by atoms with van der Waals surface area (Å²) >= 11 is 0. The molecular formula is C26H24F6N4O. The summed E-state index contributed by atoms with van der Waals surface area (Å²) in [6, 6.07) is 11.2. The number of likely N-dealkylation sites (tertiary alicyclic amines) is 1. The minimum atomic E-state index is -4.55. The number of benzene rings is 2.